The number of carbonyl (C=O) groups is 1. The molecule has 0 spiro atoms. The summed E-state index contributed by atoms with van der Waals surface area (Å²) in [6, 6.07) is -0.151. The first-order chi connectivity index (χ1) is 9.08. The third-order valence-corrected chi connectivity index (χ3v) is 4.66. The van der Waals surface area contributed by atoms with E-state index in [2.05, 4.69) is 19.2 Å². The highest BCUT2D eigenvalue weighted by molar-refractivity contribution is 5.81. The molecule has 1 unspecified atom stereocenters. The van der Waals surface area contributed by atoms with Gasteiger partial charge >= 0.3 is 0 Å². The van der Waals surface area contributed by atoms with E-state index in [1.54, 1.807) is 0 Å². The predicted octanol–water partition coefficient (Wildman–Crippen LogP) is 1.78. The summed E-state index contributed by atoms with van der Waals surface area (Å²) in [5.74, 6) is 0.207. The van der Waals surface area contributed by atoms with Crippen molar-refractivity contribution in [1.29, 1.82) is 0 Å². The zero-order valence-corrected chi connectivity index (χ0v) is 12.7. The predicted molar refractivity (Wildman–Crippen MR) is 78.0 cm³/mol. The molecule has 0 radical (unpaired) electrons. The van der Waals surface area contributed by atoms with E-state index in [4.69, 9.17) is 0 Å². The van der Waals surface area contributed by atoms with Crippen LogP contribution in [-0.2, 0) is 4.79 Å². The van der Waals surface area contributed by atoms with Crippen molar-refractivity contribution < 1.29 is 9.90 Å². The van der Waals surface area contributed by atoms with Gasteiger partial charge in [-0.25, -0.2) is 0 Å². The van der Waals surface area contributed by atoms with E-state index in [1.807, 2.05) is 11.8 Å². The molecule has 0 aliphatic carbocycles. The van der Waals surface area contributed by atoms with Crippen LogP contribution >= 0.6 is 0 Å². The maximum absolute atomic E-state index is 12.3. The molecule has 4 nitrogen and oxygen atoms in total. The fraction of sp³-hybridized carbons (Fsp3) is 0.933. The molecule has 0 bridgehead atoms. The Kier molecular flexibility index (Phi) is 6.80. The van der Waals surface area contributed by atoms with E-state index in [0.717, 1.165) is 38.8 Å². The zero-order chi connectivity index (χ0) is 14.3. The number of nitrogens with one attached hydrogen (secondary N) is 1. The summed E-state index contributed by atoms with van der Waals surface area (Å²) >= 11 is 0. The van der Waals surface area contributed by atoms with Crippen LogP contribution in [0.1, 0.15) is 52.9 Å². The highest BCUT2D eigenvalue weighted by Gasteiger charge is 2.28. The van der Waals surface area contributed by atoms with Crippen LogP contribution in [0.3, 0.4) is 0 Å². The van der Waals surface area contributed by atoms with Gasteiger partial charge in [0.15, 0.2) is 0 Å². The van der Waals surface area contributed by atoms with Crippen molar-refractivity contribution in [3.63, 3.8) is 0 Å². The quantitative estimate of drug-likeness (QED) is 0.741. The summed E-state index contributed by atoms with van der Waals surface area (Å²) < 4.78 is 0. The first-order valence-electron chi connectivity index (χ1n) is 7.71. The Labute approximate surface area is 117 Å². The fourth-order valence-electron chi connectivity index (χ4n) is 2.62. The molecule has 19 heavy (non-hydrogen) atoms. The van der Waals surface area contributed by atoms with Gasteiger partial charge in [-0.1, -0.05) is 13.8 Å². The Morgan fingerprint density at radius 2 is 1.84 bits per heavy atom. The first-order valence-corrected chi connectivity index (χ1v) is 7.71. The lowest BCUT2D eigenvalue weighted by Crippen LogP contribution is -2.49. The molecule has 1 atom stereocenters. The van der Waals surface area contributed by atoms with E-state index in [0.29, 0.717) is 6.54 Å². The van der Waals surface area contributed by atoms with Gasteiger partial charge in [-0.05, 0) is 39.0 Å². The molecule has 1 rings (SSSR count). The van der Waals surface area contributed by atoms with Gasteiger partial charge < -0.3 is 15.3 Å². The number of rotatable bonds is 7. The maximum Gasteiger partial charge on any atom is 0.239 e. The monoisotopic (exact) mass is 270 g/mol. The molecule has 0 aromatic heterocycles. The smallest absolute Gasteiger partial charge is 0.239 e. The SMILES string of the molecule is CCC(CC)(CO)CNC(C)C(=O)N1CCCCC1. The largest absolute Gasteiger partial charge is 0.396 e. The molecule has 4 heteroatoms. The van der Waals surface area contributed by atoms with Crippen LogP contribution in [0.15, 0.2) is 0 Å². The molecule has 1 amide bonds. The zero-order valence-electron chi connectivity index (χ0n) is 12.7. The van der Waals surface area contributed by atoms with Gasteiger partial charge in [0.25, 0.3) is 0 Å². The second kappa shape index (κ2) is 7.85. The lowest BCUT2D eigenvalue weighted by molar-refractivity contribution is -0.134. The van der Waals surface area contributed by atoms with Crippen molar-refractivity contribution in [1.82, 2.24) is 10.2 Å². The average molecular weight is 270 g/mol. The standard InChI is InChI=1S/C15H30N2O2/c1-4-15(5-2,12-18)11-16-13(3)14(19)17-9-7-6-8-10-17/h13,16,18H,4-12H2,1-3H3. The minimum Gasteiger partial charge on any atom is -0.396 e. The van der Waals surface area contributed by atoms with E-state index < -0.39 is 0 Å². The van der Waals surface area contributed by atoms with Gasteiger partial charge in [0.05, 0.1) is 6.04 Å². The van der Waals surface area contributed by atoms with E-state index in [9.17, 15) is 9.90 Å². The normalized spacial score (nSPS) is 18.4. The molecule has 0 aromatic carbocycles. The topological polar surface area (TPSA) is 52.6 Å². The highest BCUT2D eigenvalue weighted by Crippen LogP contribution is 2.24. The van der Waals surface area contributed by atoms with Crippen molar-refractivity contribution in [3.8, 4) is 0 Å². The lowest BCUT2D eigenvalue weighted by Gasteiger charge is -2.33. The Morgan fingerprint density at radius 3 is 2.32 bits per heavy atom. The minimum absolute atomic E-state index is 0.0869. The number of nitrogens with zero attached hydrogens (tertiary/aromatic N) is 1. The summed E-state index contributed by atoms with van der Waals surface area (Å²) in [6.45, 7) is 8.81. The van der Waals surface area contributed by atoms with Gasteiger partial charge in [0.2, 0.25) is 5.91 Å². The van der Waals surface area contributed by atoms with Gasteiger partial charge in [-0.3, -0.25) is 4.79 Å². The van der Waals surface area contributed by atoms with Gasteiger partial charge in [0, 0.05) is 31.7 Å². The highest BCUT2D eigenvalue weighted by atomic mass is 16.3. The molecule has 1 aliphatic heterocycles. The number of likely N-dealkylation sites (tertiary alicyclic amines) is 1. The number of piperidine rings is 1. The van der Waals surface area contributed by atoms with Crippen molar-refractivity contribution in [2.75, 3.05) is 26.2 Å². The number of hydrogen-bond donors (Lipinski definition) is 2. The van der Waals surface area contributed by atoms with Crippen molar-refractivity contribution in [3.05, 3.63) is 0 Å². The third-order valence-electron chi connectivity index (χ3n) is 4.66. The van der Waals surface area contributed by atoms with E-state index in [-0.39, 0.29) is 24.0 Å². The number of amides is 1. The molecule has 1 aliphatic rings. The Bertz CT molecular complexity index is 263. The number of hydrogen-bond acceptors (Lipinski definition) is 3. The van der Waals surface area contributed by atoms with Crippen LogP contribution < -0.4 is 5.32 Å². The van der Waals surface area contributed by atoms with Gasteiger partial charge in [-0.2, -0.15) is 0 Å². The third kappa shape index (κ3) is 4.46. The molecule has 0 aromatic rings. The molecule has 2 N–H and O–H groups in total. The summed E-state index contributed by atoms with van der Waals surface area (Å²) in [5.41, 5.74) is -0.0869. The molecule has 1 heterocycles. The van der Waals surface area contributed by atoms with Crippen LogP contribution in [0.4, 0.5) is 0 Å². The lowest BCUT2D eigenvalue weighted by atomic mass is 9.83. The van der Waals surface area contributed by atoms with Crippen molar-refractivity contribution in [2.24, 2.45) is 5.41 Å². The Balaban J connectivity index is 2.45. The maximum atomic E-state index is 12.3. The number of carbonyl (C=O) groups excluding carboxylic acids is 1. The van der Waals surface area contributed by atoms with Crippen LogP contribution in [0.25, 0.3) is 0 Å². The fourth-order valence-corrected chi connectivity index (χ4v) is 2.62. The van der Waals surface area contributed by atoms with Crippen LogP contribution in [-0.4, -0.2) is 48.2 Å². The molecule has 112 valence electrons. The van der Waals surface area contributed by atoms with Crippen LogP contribution in [0.5, 0.6) is 0 Å². The van der Waals surface area contributed by atoms with Crippen molar-refractivity contribution in [2.45, 2.75) is 58.9 Å². The van der Waals surface area contributed by atoms with Crippen LogP contribution in [0.2, 0.25) is 0 Å². The molecule has 0 saturated carbocycles. The van der Waals surface area contributed by atoms with Crippen LogP contribution in [0, 0.1) is 5.41 Å². The second-order valence-corrected chi connectivity index (χ2v) is 5.85. The number of aliphatic hydroxyl groups excluding tert-OH is 1. The summed E-state index contributed by atoms with van der Waals surface area (Å²) in [7, 11) is 0. The summed E-state index contributed by atoms with van der Waals surface area (Å²) in [6.07, 6.45) is 5.35. The molecule has 1 saturated heterocycles. The summed E-state index contributed by atoms with van der Waals surface area (Å²) in [5, 5.41) is 12.9. The van der Waals surface area contributed by atoms with Gasteiger partial charge in [-0.15, -0.1) is 0 Å². The Morgan fingerprint density at radius 1 is 1.26 bits per heavy atom. The van der Waals surface area contributed by atoms with E-state index >= 15 is 0 Å². The number of aliphatic hydroxyl groups is 1. The minimum atomic E-state index is -0.151. The summed E-state index contributed by atoms with van der Waals surface area (Å²) in [4.78, 5) is 14.3. The second-order valence-electron chi connectivity index (χ2n) is 5.85. The van der Waals surface area contributed by atoms with E-state index in [1.165, 1.54) is 6.42 Å². The average Bonchev–Trinajstić information content (AvgIpc) is 2.49. The molecular weight excluding hydrogens is 240 g/mol. The van der Waals surface area contributed by atoms with Gasteiger partial charge in [0.1, 0.15) is 0 Å². The first kappa shape index (κ1) is 16.4. The van der Waals surface area contributed by atoms with Crippen molar-refractivity contribution >= 4 is 5.91 Å². The Hall–Kier alpha value is -0.610. The molecule has 1 fully saturated rings. The molecular formula is C15H30N2O2.